The molecule has 0 aliphatic heterocycles. The first kappa shape index (κ1) is 22.2. The molecule has 31 heavy (non-hydrogen) atoms. The van der Waals surface area contributed by atoms with Gasteiger partial charge in [-0.1, -0.05) is 13.8 Å². The first-order valence-electron chi connectivity index (χ1n) is 9.98. The summed E-state index contributed by atoms with van der Waals surface area (Å²) in [4.78, 5) is 28.8. The Kier molecular flexibility index (Phi) is 5.71. The lowest BCUT2D eigenvalue weighted by Crippen LogP contribution is -2.24. The Labute approximate surface area is 180 Å². The molecule has 0 spiro atoms. The Morgan fingerprint density at radius 2 is 1.94 bits per heavy atom. The fourth-order valence-electron chi connectivity index (χ4n) is 3.35. The molecule has 164 valence electrons. The molecule has 0 fully saturated rings. The molecular weight excluding hydrogens is 398 g/mol. The van der Waals surface area contributed by atoms with Crippen LogP contribution in [0.3, 0.4) is 0 Å². The second-order valence-electron chi connectivity index (χ2n) is 8.71. The second-order valence-corrected chi connectivity index (χ2v) is 8.71. The van der Waals surface area contributed by atoms with Gasteiger partial charge in [0.05, 0.1) is 39.9 Å². The van der Waals surface area contributed by atoms with Gasteiger partial charge in [-0.3, -0.25) is 14.9 Å². The summed E-state index contributed by atoms with van der Waals surface area (Å²) in [5.41, 5.74) is 2.24. The number of anilines is 1. The number of nitro groups is 1. The number of methoxy groups -OCH3 is 1. The molecular formula is C22H27N5O4. The van der Waals surface area contributed by atoms with Gasteiger partial charge in [-0.15, -0.1) is 0 Å². The zero-order valence-electron chi connectivity index (χ0n) is 18.8. The molecule has 0 aliphatic carbocycles. The van der Waals surface area contributed by atoms with Gasteiger partial charge in [0, 0.05) is 17.8 Å². The number of ether oxygens (including phenoxy) is 1. The number of amides is 1. The number of non-ortho nitro benzene ring substituents is 1. The summed E-state index contributed by atoms with van der Waals surface area (Å²) in [6, 6.07) is 5.82. The third-order valence-electron chi connectivity index (χ3n) is 4.95. The molecule has 0 aliphatic rings. The summed E-state index contributed by atoms with van der Waals surface area (Å²) in [7, 11) is 1.44. The van der Waals surface area contributed by atoms with Crippen LogP contribution in [0.25, 0.3) is 11.0 Å². The van der Waals surface area contributed by atoms with E-state index in [1.807, 2.05) is 46.2 Å². The molecule has 0 saturated carbocycles. The van der Waals surface area contributed by atoms with Gasteiger partial charge in [-0.25, -0.2) is 9.67 Å². The van der Waals surface area contributed by atoms with E-state index in [0.29, 0.717) is 28.0 Å². The number of aryl methyl sites for hydroxylation is 1. The van der Waals surface area contributed by atoms with Crippen LogP contribution in [0.5, 0.6) is 5.75 Å². The van der Waals surface area contributed by atoms with E-state index >= 15 is 0 Å². The van der Waals surface area contributed by atoms with Crippen LogP contribution >= 0.6 is 0 Å². The van der Waals surface area contributed by atoms with E-state index in [9.17, 15) is 14.9 Å². The number of nitrogens with one attached hydrogen (secondary N) is 1. The van der Waals surface area contributed by atoms with Gasteiger partial charge in [0.25, 0.3) is 11.6 Å². The normalized spacial score (nSPS) is 11.7. The van der Waals surface area contributed by atoms with Crippen molar-refractivity contribution in [2.75, 3.05) is 12.4 Å². The fourth-order valence-corrected chi connectivity index (χ4v) is 3.35. The Bertz CT molecular complexity index is 1170. The van der Waals surface area contributed by atoms with Gasteiger partial charge >= 0.3 is 0 Å². The van der Waals surface area contributed by atoms with Crippen molar-refractivity contribution < 1.29 is 14.5 Å². The van der Waals surface area contributed by atoms with Crippen molar-refractivity contribution in [1.29, 1.82) is 0 Å². The Balaban J connectivity index is 2.19. The number of hydrogen-bond acceptors (Lipinski definition) is 6. The van der Waals surface area contributed by atoms with E-state index in [4.69, 9.17) is 9.72 Å². The summed E-state index contributed by atoms with van der Waals surface area (Å²) in [5, 5.41) is 19.2. The van der Waals surface area contributed by atoms with Crippen molar-refractivity contribution in [3.63, 3.8) is 0 Å². The van der Waals surface area contributed by atoms with E-state index in [2.05, 4.69) is 10.4 Å². The van der Waals surface area contributed by atoms with Crippen LogP contribution in [-0.2, 0) is 5.54 Å². The third kappa shape index (κ3) is 4.21. The summed E-state index contributed by atoms with van der Waals surface area (Å²) in [6.45, 7) is 11.9. The number of benzene rings is 1. The van der Waals surface area contributed by atoms with E-state index in [1.165, 1.54) is 25.3 Å². The lowest BCUT2D eigenvalue weighted by molar-refractivity contribution is -0.384. The van der Waals surface area contributed by atoms with Gasteiger partial charge < -0.3 is 10.1 Å². The van der Waals surface area contributed by atoms with Crippen LogP contribution in [0.4, 0.5) is 11.4 Å². The number of hydrogen-bond donors (Lipinski definition) is 1. The number of nitro benzene ring substituents is 1. The predicted molar refractivity (Wildman–Crippen MR) is 119 cm³/mol. The van der Waals surface area contributed by atoms with Gasteiger partial charge in [-0.05, 0) is 45.7 Å². The van der Waals surface area contributed by atoms with Gasteiger partial charge in [0.1, 0.15) is 5.75 Å². The van der Waals surface area contributed by atoms with Crippen molar-refractivity contribution >= 4 is 28.3 Å². The predicted octanol–water partition coefficient (Wildman–Crippen LogP) is 4.79. The lowest BCUT2D eigenvalue weighted by Gasteiger charge is -2.20. The average molecular weight is 425 g/mol. The second kappa shape index (κ2) is 7.98. The monoisotopic (exact) mass is 425 g/mol. The maximum atomic E-state index is 13.4. The molecule has 9 heteroatoms. The highest BCUT2D eigenvalue weighted by Gasteiger charge is 2.26. The van der Waals surface area contributed by atoms with Gasteiger partial charge in [-0.2, -0.15) is 5.10 Å². The highest BCUT2D eigenvalue weighted by Crippen LogP contribution is 2.32. The van der Waals surface area contributed by atoms with Crippen molar-refractivity contribution in [2.45, 2.75) is 53.0 Å². The van der Waals surface area contributed by atoms with Crippen molar-refractivity contribution in [3.05, 3.63) is 51.3 Å². The minimum Gasteiger partial charge on any atom is -0.495 e. The number of aromatic nitrogens is 3. The lowest BCUT2D eigenvalue weighted by atomic mass is 10.0. The number of carbonyl (C=O) groups excluding carboxylic acids is 1. The Morgan fingerprint density at radius 1 is 1.26 bits per heavy atom. The van der Waals surface area contributed by atoms with Crippen LogP contribution in [0.2, 0.25) is 0 Å². The van der Waals surface area contributed by atoms with Crippen molar-refractivity contribution in [1.82, 2.24) is 14.8 Å². The quantitative estimate of drug-likeness (QED) is 0.465. The molecule has 2 heterocycles. The molecule has 1 aromatic carbocycles. The average Bonchev–Trinajstić information content (AvgIpc) is 3.04. The minimum atomic E-state index is -0.520. The number of carbonyl (C=O) groups is 1. The zero-order chi connectivity index (χ0) is 23.1. The highest BCUT2D eigenvalue weighted by molar-refractivity contribution is 6.13. The van der Waals surface area contributed by atoms with Crippen LogP contribution in [0, 0.1) is 17.0 Å². The number of rotatable bonds is 5. The number of nitrogens with zero attached hydrogens (tertiary/aromatic N) is 4. The molecule has 1 amide bonds. The minimum absolute atomic E-state index is 0.0897. The summed E-state index contributed by atoms with van der Waals surface area (Å²) in [5.74, 6) is 0.00650. The maximum absolute atomic E-state index is 13.4. The first-order valence-corrected chi connectivity index (χ1v) is 9.98. The number of pyridine rings is 1. The van der Waals surface area contributed by atoms with Crippen LogP contribution in [-0.4, -0.2) is 32.7 Å². The maximum Gasteiger partial charge on any atom is 0.271 e. The molecule has 3 aromatic rings. The number of fused-ring (bicyclic) bond motifs is 1. The summed E-state index contributed by atoms with van der Waals surface area (Å²) < 4.78 is 7.10. The molecule has 9 nitrogen and oxygen atoms in total. The SMILES string of the molecule is COc1ccc([N+](=O)[O-])cc1NC(=O)c1cc(C(C)C)nc2c1c(C)nn2C(C)(C)C. The van der Waals surface area contributed by atoms with Gasteiger partial charge in [0.2, 0.25) is 0 Å². The van der Waals surface area contributed by atoms with Crippen LogP contribution in [0.15, 0.2) is 24.3 Å². The molecule has 0 atom stereocenters. The van der Waals surface area contributed by atoms with E-state index in [1.54, 1.807) is 6.07 Å². The van der Waals surface area contributed by atoms with Gasteiger partial charge in [0.15, 0.2) is 5.65 Å². The molecule has 2 aromatic heterocycles. The highest BCUT2D eigenvalue weighted by atomic mass is 16.6. The first-order chi connectivity index (χ1) is 14.4. The molecule has 0 unspecified atom stereocenters. The standard InChI is InChI=1S/C22H27N5O4/c1-12(2)16-11-15(19-13(3)25-26(20(19)23-16)22(4,5)6)21(28)24-17-10-14(27(29)30)8-9-18(17)31-7/h8-12H,1-7H3,(H,24,28). The van der Waals surface area contributed by atoms with Crippen molar-refractivity contribution in [2.24, 2.45) is 0 Å². The smallest absolute Gasteiger partial charge is 0.271 e. The Hall–Kier alpha value is -3.49. The Morgan fingerprint density at radius 3 is 2.48 bits per heavy atom. The molecule has 1 N–H and O–H groups in total. The molecule has 0 bridgehead atoms. The van der Waals surface area contributed by atoms with E-state index < -0.39 is 10.8 Å². The summed E-state index contributed by atoms with van der Waals surface area (Å²) >= 11 is 0. The fraction of sp³-hybridized carbons (Fsp3) is 0.409. The topological polar surface area (TPSA) is 112 Å². The summed E-state index contributed by atoms with van der Waals surface area (Å²) in [6.07, 6.45) is 0. The molecule has 3 rings (SSSR count). The molecule has 0 radical (unpaired) electrons. The van der Waals surface area contributed by atoms with E-state index in [0.717, 1.165) is 5.69 Å². The van der Waals surface area contributed by atoms with Crippen molar-refractivity contribution in [3.8, 4) is 5.75 Å². The third-order valence-corrected chi connectivity index (χ3v) is 4.95. The zero-order valence-corrected chi connectivity index (χ0v) is 18.8. The largest absolute Gasteiger partial charge is 0.495 e. The molecule has 0 saturated heterocycles. The van der Waals surface area contributed by atoms with Crippen LogP contribution in [0.1, 0.15) is 62.3 Å². The van der Waals surface area contributed by atoms with E-state index in [-0.39, 0.29) is 22.8 Å². The van der Waals surface area contributed by atoms with Crippen LogP contribution < -0.4 is 10.1 Å².